The van der Waals surface area contributed by atoms with Crippen molar-refractivity contribution < 1.29 is 4.79 Å². The molecule has 23 heavy (non-hydrogen) atoms. The Hall–Kier alpha value is -1.42. The number of hydrogen-bond donors (Lipinski definition) is 0. The van der Waals surface area contributed by atoms with Crippen molar-refractivity contribution in [1.29, 1.82) is 0 Å². The largest absolute Gasteiger partial charge is 0.309 e. The second-order valence-electron chi connectivity index (χ2n) is 6.22. The number of benzene rings is 1. The number of nitrogens with zero attached hydrogens (tertiary/aromatic N) is 2. The summed E-state index contributed by atoms with van der Waals surface area (Å²) in [5, 5.41) is 0.657. The molecule has 1 amide bonds. The minimum atomic E-state index is 0.127. The highest BCUT2D eigenvalue weighted by molar-refractivity contribution is 7.80. The molecule has 0 N–H and O–H groups in total. The highest BCUT2D eigenvalue weighted by atomic mass is 32.1. The Bertz CT molecular complexity index is 503. The van der Waals surface area contributed by atoms with Crippen LogP contribution in [0.3, 0.4) is 0 Å². The van der Waals surface area contributed by atoms with E-state index in [4.69, 9.17) is 12.2 Å². The first kappa shape index (κ1) is 17.9. The van der Waals surface area contributed by atoms with Crippen LogP contribution in [-0.4, -0.2) is 29.0 Å². The fourth-order valence-electron chi connectivity index (χ4n) is 2.97. The van der Waals surface area contributed by atoms with Crippen LogP contribution in [0.2, 0.25) is 0 Å². The molecule has 1 aliphatic heterocycles. The van der Waals surface area contributed by atoms with Crippen molar-refractivity contribution in [2.24, 2.45) is 0 Å². The van der Waals surface area contributed by atoms with Crippen LogP contribution < -0.4 is 4.90 Å². The molecular formula is C19H28N2OS. The normalized spacial score (nSPS) is 14.8. The van der Waals surface area contributed by atoms with E-state index >= 15 is 0 Å². The molecule has 1 aromatic carbocycles. The molecule has 1 fully saturated rings. The van der Waals surface area contributed by atoms with Gasteiger partial charge in [0, 0.05) is 12.2 Å². The van der Waals surface area contributed by atoms with Crippen molar-refractivity contribution in [3.8, 4) is 0 Å². The van der Waals surface area contributed by atoms with Gasteiger partial charge in [-0.15, -0.1) is 0 Å². The number of carbonyl (C=O) groups excluding carboxylic acids is 1. The first-order valence-electron chi connectivity index (χ1n) is 8.91. The Labute approximate surface area is 145 Å². The molecule has 0 aromatic heterocycles. The van der Waals surface area contributed by atoms with Crippen LogP contribution in [0.15, 0.2) is 30.3 Å². The van der Waals surface area contributed by atoms with Crippen molar-refractivity contribution in [2.45, 2.75) is 58.3 Å². The Kier molecular flexibility index (Phi) is 7.53. The summed E-state index contributed by atoms with van der Waals surface area (Å²) in [7, 11) is 0. The monoisotopic (exact) mass is 332 g/mol. The molecule has 1 aromatic rings. The predicted octanol–water partition coefficient (Wildman–Crippen LogP) is 4.76. The Balaban J connectivity index is 1.70. The molecule has 0 unspecified atom stereocenters. The van der Waals surface area contributed by atoms with Gasteiger partial charge in [0.05, 0.1) is 0 Å². The lowest BCUT2D eigenvalue weighted by atomic mass is 10.1. The first-order valence-corrected chi connectivity index (χ1v) is 9.31. The smallest absolute Gasteiger partial charge is 0.248 e. The molecule has 0 radical (unpaired) electrons. The second-order valence-corrected chi connectivity index (χ2v) is 6.59. The lowest BCUT2D eigenvalue weighted by Gasteiger charge is -2.20. The van der Waals surface area contributed by atoms with Gasteiger partial charge in [-0.25, -0.2) is 0 Å². The zero-order valence-electron chi connectivity index (χ0n) is 14.2. The standard InChI is InChI=1S/C19H28N2OS/c1-2-3-4-5-6-7-8-12-15-20-18(22)16-21(19(20)23)17-13-10-9-11-14-17/h9-11,13-14H,2-8,12,15-16H2,1H3. The average Bonchev–Trinajstić information content (AvgIpc) is 2.86. The van der Waals surface area contributed by atoms with Crippen LogP contribution in [0.5, 0.6) is 0 Å². The molecule has 0 atom stereocenters. The Morgan fingerprint density at radius 3 is 2.22 bits per heavy atom. The summed E-state index contributed by atoms with van der Waals surface area (Å²) in [4.78, 5) is 15.9. The predicted molar refractivity (Wildman–Crippen MR) is 101 cm³/mol. The Morgan fingerprint density at radius 1 is 0.957 bits per heavy atom. The highest BCUT2D eigenvalue weighted by Crippen LogP contribution is 2.21. The van der Waals surface area contributed by atoms with E-state index in [-0.39, 0.29) is 5.91 Å². The quantitative estimate of drug-likeness (QED) is 0.456. The summed E-state index contributed by atoms with van der Waals surface area (Å²) in [6, 6.07) is 9.93. The average molecular weight is 333 g/mol. The van der Waals surface area contributed by atoms with E-state index in [0.717, 1.165) is 18.7 Å². The number of carbonyl (C=O) groups is 1. The maximum absolute atomic E-state index is 12.2. The van der Waals surface area contributed by atoms with Crippen LogP contribution in [0.25, 0.3) is 0 Å². The number of hydrogen-bond acceptors (Lipinski definition) is 2. The molecule has 0 saturated carbocycles. The molecule has 1 heterocycles. The van der Waals surface area contributed by atoms with Crippen LogP contribution in [-0.2, 0) is 4.79 Å². The van der Waals surface area contributed by atoms with Crippen LogP contribution in [0.4, 0.5) is 5.69 Å². The van der Waals surface area contributed by atoms with E-state index in [1.807, 2.05) is 35.2 Å². The maximum atomic E-state index is 12.2. The topological polar surface area (TPSA) is 23.6 Å². The summed E-state index contributed by atoms with van der Waals surface area (Å²) >= 11 is 5.50. The van der Waals surface area contributed by atoms with E-state index < -0.39 is 0 Å². The van der Waals surface area contributed by atoms with E-state index in [1.165, 1.54) is 44.9 Å². The summed E-state index contributed by atoms with van der Waals surface area (Å²) in [5.74, 6) is 0.127. The van der Waals surface area contributed by atoms with Crippen molar-refractivity contribution in [3.63, 3.8) is 0 Å². The molecule has 0 aliphatic carbocycles. The fourth-order valence-corrected chi connectivity index (χ4v) is 3.34. The van der Waals surface area contributed by atoms with Crippen molar-refractivity contribution in [3.05, 3.63) is 30.3 Å². The van der Waals surface area contributed by atoms with Gasteiger partial charge in [0.2, 0.25) is 5.91 Å². The molecule has 1 saturated heterocycles. The van der Waals surface area contributed by atoms with Gasteiger partial charge in [0.25, 0.3) is 0 Å². The number of rotatable bonds is 10. The van der Waals surface area contributed by atoms with Gasteiger partial charge >= 0.3 is 0 Å². The van der Waals surface area contributed by atoms with E-state index in [1.54, 1.807) is 4.90 Å². The molecule has 0 bridgehead atoms. The van der Waals surface area contributed by atoms with Gasteiger partial charge in [-0.2, -0.15) is 0 Å². The first-order chi connectivity index (χ1) is 11.2. The van der Waals surface area contributed by atoms with Gasteiger partial charge in [0.15, 0.2) is 5.11 Å². The van der Waals surface area contributed by atoms with Gasteiger partial charge in [-0.1, -0.05) is 70.1 Å². The number of unbranched alkanes of at least 4 members (excludes halogenated alkanes) is 7. The summed E-state index contributed by atoms with van der Waals surface area (Å²) in [6.07, 6.45) is 10.2. The maximum Gasteiger partial charge on any atom is 0.248 e. The lowest BCUT2D eigenvalue weighted by Crippen LogP contribution is -2.33. The van der Waals surface area contributed by atoms with E-state index in [9.17, 15) is 4.79 Å². The third-order valence-corrected chi connectivity index (χ3v) is 4.80. The number of thiocarbonyl (C=S) groups is 1. The Morgan fingerprint density at radius 2 is 1.57 bits per heavy atom. The third kappa shape index (κ3) is 5.31. The summed E-state index contributed by atoms with van der Waals surface area (Å²) in [6.45, 7) is 3.38. The zero-order chi connectivity index (χ0) is 16.5. The number of anilines is 1. The van der Waals surface area contributed by atoms with Crippen molar-refractivity contribution in [2.75, 3.05) is 18.0 Å². The lowest BCUT2D eigenvalue weighted by molar-refractivity contribution is -0.124. The van der Waals surface area contributed by atoms with Crippen molar-refractivity contribution >= 4 is 28.9 Å². The van der Waals surface area contributed by atoms with Gasteiger partial charge in [0.1, 0.15) is 6.54 Å². The molecule has 0 spiro atoms. The SMILES string of the molecule is CCCCCCCCCCN1C(=O)CN(c2ccccc2)C1=S. The molecule has 1 aliphatic rings. The second kappa shape index (κ2) is 9.66. The van der Waals surface area contributed by atoms with Gasteiger partial charge in [-0.3, -0.25) is 9.69 Å². The highest BCUT2D eigenvalue weighted by Gasteiger charge is 2.32. The van der Waals surface area contributed by atoms with Crippen molar-refractivity contribution in [1.82, 2.24) is 4.90 Å². The fraction of sp³-hybridized carbons (Fsp3) is 0.579. The van der Waals surface area contributed by atoms with Crippen LogP contribution in [0.1, 0.15) is 58.3 Å². The molecule has 3 nitrogen and oxygen atoms in total. The molecule has 4 heteroatoms. The van der Waals surface area contributed by atoms with Crippen LogP contribution in [0, 0.1) is 0 Å². The third-order valence-electron chi connectivity index (χ3n) is 4.36. The summed E-state index contributed by atoms with van der Waals surface area (Å²) in [5.41, 5.74) is 1.00. The van der Waals surface area contributed by atoms with Gasteiger partial charge < -0.3 is 4.90 Å². The number of amides is 1. The molecule has 126 valence electrons. The van der Waals surface area contributed by atoms with Crippen LogP contribution >= 0.6 is 12.2 Å². The minimum Gasteiger partial charge on any atom is -0.309 e. The van der Waals surface area contributed by atoms with E-state index in [0.29, 0.717) is 11.7 Å². The molecular weight excluding hydrogens is 304 g/mol. The molecule has 2 rings (SSSR count). The van der Waals surface area contributed by atoms with Gasteiger partial charge in [-0.05, 0) is 30.8 Å². The van der Waals surface area contributed by atoms with E-state index in [2.05, 4.69) is 6.92 Å². The summed E-state index contributed by atoms with van der Waals surface area (Å²) < 4.78 is 0. The number of para-hydroxylation sites is 1. The minimum absolute atomic E-state index is 0.127. The zero-order valence-corrected chi connectivity index (χ0v) is 15.0.